The maximum Gasteiger partial charge on any atom is 0.323 e. The molecule has 4 nitrogen and oxygen atoms in total. The van der Waals surface area contributed by atoms with Crippen LogP contribution in [0.2, 0.25) is 0 Å². The number of benzene rings is 2. The van der Waals surface area contributed by atoms with E-state index in [1.54, 1.807) is 0 Å². The number of hydrogen-bond acceptors (Lipinski definition) is 2. The Morgan fingerprint density at radius 1 is 1.00 bits per heavy atom. The van der Waals surface area contributed by atoms with Crippen LogP contribution in [0.1, 0.15) is 25.3 Å². The first-order valence-corrected chi connectivity index (χ1v) is 8.27. The van der Waals surface area contributed by atoms with Crippen LogP contribution >= 0.6 is 0 Å². The number of aryl methyl sites for hydroxylation is 1. The molecule has 2 amide bonds. The van der Waals surface area contributed by atoms with Gasteiger partial charge in [0.15, 0.2) is 0 Å². The van der Waals surface area contributed by atoms with E-state index in [4.69, 9.17) is 0 Å². The van der Waals surface area contributed by atoms with E-state index in [1.165, 1.54) is 18.5 Å². The van der Waals surface area contributed by atoms with Crippen molar-refractivity contribution in [2.24, 2.45) is 0 Å². The zero-order valence-electron chi connectivity index (χ0n) is 13.5. The monoisotopic (exact) mass is 309 g/mol. The molecule has 120 valence electrons. The lowest BCUT2D eigenvalue weighted by molar-refractivity contribution is 0.262. The third kappa shape index (κ3) is 3.83. The van der Waals surface area contributed by atoms with Crippen molar-refractivity contribution in [2.45, 2.75) is 26.2 Å². The van der Waals surface area contributed by atoms with Crippen LogP contribution in [0.4, 0.5) is 21.9 Å². The lowest BCUT2D eigenvalue weighted by atomic mass is 10.1. The van der Waals surface area contributed by atoms with Crippen molar-refractivity contribution in [3.8, 4) is 0 Å². The van der Waals surface area contributed by atoms with Gasteiger partial charge in [0.2, 0.25) is 0 Å². The van der Waals surface area contributed by atoms with Gasteiger partial charge in [-0.05, 0) is 55.2 Å². The number of anilines is 3. The number of carbonyl (C=O) groups excluding carboxylic acids is 1. The minimum Gasteiger partial charge on any atom is -0.372 e. The number of nitrogens with one attached hydrogen (secondary N) is 2. The molecule has 1 heterocycles. The van der Waals surface area contributed by atoms with E-state index in [2.05, 4.69) is 34.6 Å². The Morgan fingerprint density at radius 2 is 1.70 bits per heavy atom. The molecule has 0 spiro atoms. The standard InChI is InChI=1S/C19H23N3O/c1-2-15-7-3-4-8-18(15)21-19(23)20-16-9-11-17(12-10-16)22-13-5-6-14-22/h3-4,7-12H,2,5-6,13-14H2,1H3,(H2,20,21,23). The highest BCUT2D eigenvalue weighted by Gasteiger charge is 2.12. The SMILES string of the molecule is CCc1ccccc1NC(=O)Nc1ccc(N2CCCC2)cc1. The number of nitrogens with zero attached hydrogens (tertiary/aromatic N) is 1. The van der Waals surface area contributed by atoms with Gasteiger partial charge >= 0.3 is 6.03 Å². The maximum absolute atomic E-state index is 12.2. The first-order chi connectivity index (χ1) is 11.3. The van der Waals surface area contributed by atoms with Gasteiger partial charge in [0.1, 0.15) is 0 Å². The van der Waals surface area contributed by atoms with E-state index in [0.717, 1.165) is 36.4 Å². The van der Waals surface area contributed by atoms with Crippen LogP contribution in [-0.4, -0.2) is 19.1 Å². The summed E-state index contributed by atoms with van der Waals surface area (Å²) in [7, 11) is 0. The molecule has 0 aromatic heterocycles. The van der Waals surface area contributed by atoms with Crippen LogP contribution in [0.5, 0.6) is 0 Å². The number of rotatable bonds is 4. The van der Waals surface area contributed by atoms with Crippen LogP contribution < -0.4 is 15.5 Å². The lowest BCUT2D eigenvalue weighted by Gasteiger charge is -2.18. The van der Waals surface area contributed by atoms with Crippen LogP contribution in [0.15, 0.2) is 48.5 Å². The Labute approximate surface area is 137 Å². The predicted molar refractivity (Wildman–Crippen MR) is 96.4 cm³/mol. The molecule has 23 heavy (non-hydrogen) atoms. The lowest BCUT2D eigenvalue weighted by Crippen LogP contribution is -2.20. The Kier molecular flexibility index (Phi) is 4.81. The quantitative estimate of drug-likeness (QED) is 0.873. The number of para-hydroxylation sites is 1. The number of urea groups is 1. The fourth-order valence-corrected chi connectivity index (χ4v) is 2.97. The Morgan fingerprint density at radius 3 is 2.39 bits per heavy atom. The average molecular weight is 309 g/mol. The van der Waals surface area contributed by atoms with Crippen molar-refractivity contribution in [3.05, 3.63) is 54.1 Å². The third-order valence-corrected chi connectivity index (χ3v) is 4.24. The van der Waals surface area contributed by atoms with E-state index in [1.807, 2.05) is 36.4 Å². The molecule has 2 aromatic rings. The van der Waals surface area contributed by atoms with Crippen LogP contribution in [0, 0.1) is 0 Å². The summed E-state index contributed by atoms with van der Waals surface area (Å²) < 4.78 is 0. The van der Waals surface area contributed by atoms with Gasteiger partial charge in [0.25, 0.3) is 0 Å². The predicted octanol–water partition coefficient (Wildman–Crippen LogP) is 4.49. The smallest absolute Gasteiger partial charge is 0.323 e. The van der Waals surface area contributed by atoms with E-state index in [-0.39, 0.29) is 6.03 Å². The summed E-state index contributed by atoms with van der Waals surface area (Å²) in [6, 6.07) is 15.7. The van der Waals surface area contributed by atoms with Gasteiger partial charge in [0, 0.05) is 30.2 Å². The number of amides is 2. The highest BCUT2D eigenvalue weighted by Crippen LogP contribution is 2.22. The molecule has 3 rings (SSSR count). The van der Waals surface area contributed by atoms with E-state index >= 15 is 0 Å². The molecule has 0 unspecified atom stereocenters. The highest BCUT2D eigenvalue weighted by molar-refractivity contribution is 6.00. The first kappa shape index (κ1) is 15.4. The van der Waals surface area contributed by atoms with Crippen molar-refractivity contribution in [3.63, 3.8) is 0 Å². The molecule has 0 bridgehead atoms. The normalized spacial score (nSPS) is 13.9. The second-order valence-electron chi connectivity index (χ2n) is 5.83. The molecular weight excluding hydrogens is 286 g/mol. The first-order valence-electron chi connectivity index (χ1n) is 8.27. The molecule has 2 N–H and O–H groups in total. The second-order valence-corrected chi connectivity index (χ2v) is 5.83. The molecule has 2 aromatic carbocycles. The molecule has 1 fully saturated rings. The van der Waals surface area contributed by atoms with Gasteiger partial charge < -0.3 is 15.5 Å². The molecule has 1 saturated heterocycles. The summed E-state index contributed by atoms with van der Waals surface area (Å²) in [6.07, 6.45) is 3.42. The van der Waals surface area contributed by atoms with Crippen molar-refractivity contribution in [2.75, 3.05) is 28.6 Å². The van der Waals surface area contributed by atoms with E-state index in [0.29, 0.717) is 0 Å². The fourth-order valence-electron chi connectivity index (χ4n) is 2.97. The summed E-state index contributed by atoms with van der Waals surface area (Å²) in [5.74, 6) is 0. The molecule has 4 heteroatoms. The summed E-state index contributed by atoms with van der Waals surface area (Å²) in [5.41, 5.74) is 4.03. The van der Waals surface area contributed by atoms with Gasteiger partial charge in [-0.15, -0.1) is 0 Å². The Bertz CT molecular complexity index is 661. The van der Waals surface area contributed by atoms with E-state index in [9.17, 15) is 4.79 Å². The largest absolute Gasteiger partial charge is 0.372 e. The molecular formula is C19H23N3O. The van der Waals surface area contributed by atoms with Crippen molar-refractivity contribution < 1.29 is 4.79 Å². The topological polar surface area (TPSA) is 44.4 Å². The zero-order chi connectivity index (χ0) is 16.1. The van der Waals surface area contributed by atoms with Crippen molar-refractivity contribution in [1.82, 2.24) is 0 Å². The Hall–Kier alpha value is -2.49. The van der Waals surface area contributed by atoms with Gasteiger partial charge in [0.05, 0.1) is 0 Å². The van der Waals surface area contributed by atoms with E-state index < -0.39 is 0 Å². The highest BCUT2D eigenvalue weighted by atomic mass is 16.2. The minimum absolute atomic E-state index is 0.208. The van der Waals surface area contributed by atoms with Gasteiger partial charge in [-0.3, -0.25) is 0 Å². The molecule has 1 aliphatic heterocycles. The third-order valence-electron chi connectivity index (χ3n) is 4.24. The molecule has 0 radical (unpaired) electrons. The zero-order valence-corrected chi connectivity index (χ0v) is 13.5. The van der Waals surface area contributed by atoms with Crippen LogP contribution in [-0.2, 0) is 6.42 Å². The summed E-state index contributed by atoms with van der Waals surface area (Å²) >= 11 is 0. The van der Waals surface area contributed by atoms with Crippen molar-refractivity contribution in [1.29, 1.82) is 0 Å². The summed E-state index contributed by atoms with van der Waals surface area (Å²) in [5, 5.41) is 5.81. The number of carbonyl (C=O) groups is 1. The maximum atomic E-state index is 12.2. The number of hydrogen-bond donors (Lipinski definition) is 2. The average Bonchev–Trinajstić information content (AvgIpc) is 3.10. The van der Waals surface area contributed by atoms with Crippen LogP contribution in [0.25, 0.3) is 0 Å². The Balaban J connectivity index is 1.61. The summed E-state index contributed by atoms with van der Waals surface area (Å²) in [4.78, 5) is 14.5. The fraction of sp³-hybridized carbons (Fsp3) is 0.316. The minimum atomic E-state index is -0.208. The summed E-state index contributed by atoms with van der Waals surface area (Å²) in [6.45, 7) is 4.33. The van der Waals surface area contributed by atoms with Crippen LogP contribution in [0.3, 0.4) is 0 Å². The van der Waals surface area contributed by atoms with Gasteiger partial charge in [-0.2, -0.15) is 0 Å². The molecule has 0 saturated carbocycles. The second kappa shape index (κ2) is 7.18. The van der Waals surface area contributed by atoms with Crippen molar-refractivity contribution >= 4 is 23.1 Å². The van der Waals surface area contributed by atoms with Gasteiger partial charge in [-0.25, -0.2) is 4.79 Å². The molecule has 0 aliphatic carbocycles. The molecule has 0 atom stereocenters. The molecule has 1 aliphatic rings. The van der Waals surface area contributed by atoms with Gasteiger partial charge in [-0.1, -0.05) is 25.1 Å².